The Kier molecular flexibility index (Phi) is 1.33. The first kappa shape index (κ1) is 7.99. The van der Waals surface area contributed by atoms with Crippen molar-refractivity contribution in [2.24, 2.45) is 10.2 Å². The highest BCUT2D eigenvalue weighted by atomic mass is 15.2. The van der Waals surface area contributed by atoms with Gasteiger partial charge in [0.2, 0.25) is 0 Å². The standard InChI is InChI=1S/C14H8N2/c1-2-4-10-8-12-11(7-9(10)3-1)5-6-13-14(12)16-15-13/h1-8H. The average Bonchev–Trinajstić information content (AvgIpc) is 2.27. The lowest BCUT2D eigenvalue weighted by Gasteiger charge is -2.04. The molecule has 3 aromatic carbocycles. The van der Waals surface area contributed by atoms with Crippen molar-refractivity contribution in [3.63, 3.8) is 0 Å². The molecule has 3 aromatic rings. The van der Waals surface area contributed by atoms with Crippen LogP contribution in [-0.4, -0.2) is 0 Å². The van der Waals surface area contributed by atoms with Gasteiger partial charge in [-0.1, -0.05) is 30.3 Å². The molecule has 0 saturated carbocycles. The molecule has 16 heavy (non-hydrogen) atoms. The van der Waals surface area contributed by atoms with E-state index in [1.807, 2.05) is 6.07 Å². The fraction of sp³-hybridized carbons (Fsp3) is 0. The van der Waals surface area contributed by atoms with Gasteiger partial charge in [-0.25, -0.2) is 0 Å². The van der Waals surface area contributed by atoms with Gasteiger partial charge in [-0.05, 0) is 34.4 Å². The summed E-state index contributed by atoms with van der Waals surface area (Å²) in [6.07, 6.45) is 0. The van der Waals surface area contributed by atoms with Crippen molar-refractivity contribution in [2.75, 3.05) is 0 Å². The van der Waals surface area contributed by atoms with E-state index in [0.717, 1.165) is 10.7 Å². The van der Waals surface area contributed by atoms with Crippen LogP contribution in [0.3, 0.4) is 0 Å². The molecule has 0 atom stereocenters. The van der Waals surface area contributed by atoms with Crippen molar-refractivity contribution >= 4 is 21.5 Å². The molecule has 74 valence electrons. The largest absolute Gasteiger partial charge is 0.148 e. The van der Waals surface area contributed by atoms with Gasteiger partial charge >= 0.3 is 0 Å². The maximum Gasteiger partial charge on any atom is 0.121 e. The second kappa shape index (κ2) is 2.67. The fourth-order valence-electron chi connectivity index (χ4n) is 2.23. The van der Waals surface area contributed by atoms with E-state index in [-0.39, 0.29) is 0 Å². The zero-order valence-corrected chi connectivity index (χ0v) is 8.51. The number of fused-ring (bicyclic) bond motifs is 4. The Balaban J connectivity index is 2.31. The lowest BCUT2D eigenvalue weighted by molar-refractivity contribution is 0.962. The van der Waals surface area contributed by atoms with Crippen molar-refractivity contribution in [3.05, 3.63) is 59.2 Å². The molecule has 0 spiro atoms. The van der Waals surface area contributed by atoms with E-state index in [2.05, 4.69) is 52.7 Å². The molecule has 4 rings (SSSR count). The summed E-state index contributed by atoms with van der Waals surface area (Å²) in [5.74, 6) is 0. The van der Waals surface area contributed by atoms with Crippen LogP contribution in [-0.2, 0) is 0 Å². The highest BCUT2D eigenvalue weighted by Crippen LogP contribution is 2.20. The molecule has 0 aliphatic carbocycles. The first-order valence-electron chi connectivity index (χ1n) is 5.29. The third kappa shape index (κ3) is 0.910. The van der Waals surface area contributed by atoms with Gasteiger partial charge in [0.25, 0.3) is 0 Å². The molecular weight excluding hydrogens is 196 g/mol. The summed E-state index contributed by atoms with van der Waals surface area (Å²) in [6, 6.07) is 16.9. The molecule has 0 fully saturated rings. The van der Waals surface area contributed by atoms with Crippen molar-refractivity contribution in [1.82, 2.24) is 0 Å². The zero-order valence-electron chi connectivity index (χ0n) is 8.51. The van der Waals surface area contributed by atoms with Crippen molar-refractivity contribution < 1.29 is 0 Å². The van der Waals surface area contributed by atoms with Crippen molar-refractivity contribution in [1.29, 1.82) is 0 Å². The van der Waals surface area contributed by atoms with Gasteiger partial charge in [-0.2, -0.15) is 0 Å². The Hall–Kier alpha value is -2.22. The first-order valence-corrected chi connectivity index (χ1v) is 5.29. The summed E-state index contributed by atoms with van der Waals surface area (Å²) >= 11 is 0. The average molecular weight is 204 g/mol. The van der Waals surface area contributed by atoms with Crippen LogP contribution < -0.4 is 10.7 Å². The van der Waals surface area contributed by atoms with E-state index in [1.165, 1.54) is 21.5 Å². The van der Waals surface area contributed by atoms with E-state index in [4.69, 9.17) is 0 Å². The van der Waals surface area contributed by atoms with Crippen LogP contribution in [0.2, 0.25) is 0 Å². The number of rotatable bonds is 0. The predicted octanol–water partition coefficient (Wildman–Crippen LogP) is 2.16. The van der Waals surface area contributed by atoms with Gasteiger partial charge in [-0.3, -0.25) is 0 Å². The van der Waals surface area contributed by atoms with Gasteiger partial charge in [0.15, 0.2) is 0 Å². The van der Waals surface area contributed by atoms with Gasteiger partial charge < -0.3 is 0 Å². The molecule has 1 heterocycles. The Morgan fingerprint density at radius 2 is 1.50 bits per heavy atom. The predicted molar refractivity (Wildman–Crippen MR) is 63.8 cm³/mol. The maximum absolute atomic E-state index is 4.09. The number of benzene rings is 3. The van der Waals surface area contributed by atoms with Gasteiger partial charge in [0.05, 0.1) is 0 Å². The zero-order chi connectivity index (χ0) is 10.5. The highest BCUT2D eigenvalue weighted by molar-refractivity contribution is 5.97. The van der Waals surface area contributed by atoms with Gasteiger partial charge in [0.1, 0.15) is 10.7 Å². The molecule has 0 N–H and O–H groups in total. The second-order valence-corrected chi connectivity index (χ2v) is 4.05. The van der Waals surface area contributed by atoms with Crippen LogP contribution in [0.5, 0.6) is 0 Å². The Bertz CT molecular complexity index is 848. The molecule has 0 radical (unpaired) electrons. The number of hydrogen-bond donors (Lipinski definition) is 0. The Morgan fingerprint density at radius 3 is 2.25 bits per heavy atom. The Labute approximate surface area is 91.5 Å². The van der Waals surface area contributed by atoms with E-state index in [0.29, 0.717) is 0 Å². The SMILES string of the molecule is c1ccc2cc3c4c(ccc3cc2c1)=NN=4. The summed E-state index contributed by atoms with van der Waals surface area (Å²) in [7, 11) is 0. The molecule has 1 aliphatic heterocycles. The molecule has 0 aromatic heterocycles. The molecule has 2 heteroatoms. The van der Waals surface area contributed by atoms with Crippen molar-refractivity contribution in [3.8, 4) is 0 Å². The summed E-state index contributed by atoms with van der Waals surface area (Å²) < 4.78 is 0. The van der Waals surface area contributed by atoms with Gasteiger partial charge in [-0.15, -0.1) is 10.2 Å². The maximum atomic E-state index is 4.09. The number of nitrogens with zero attached hydrogens (tertiary/aromatic N) is 2. The normalized spacial score (nSPS) is 12.8. The first-order chi connectivity index (χ1) is 7.92. The van der Waals surface area contributed by atoms with Crippen LogP contribution in [0.15, 0.2) is 58.7 Å². The third-order valence-electron chi connectivity index (χ3n) is 3.09. The molecular formula is C14H8N2. The van der Waals surface area contributed by atoms with Crippen LogP contribution in [0, 0.1) is 0 Å². The van der Waals surface area contributed by atoms with Crippen molar-refractivity contribution in [2.45, 2.75) is 0 Å². The third-order valence-corrected chi connectivity index (χ3v) is 3.09. The quantitative estimate of drug-likeness (QED) is 0.501. The summed E-state index contributed by atoms with van der Waals surface area (Å²) in [5.41, 5.74) is 0. The fourth-order valence-corrected chi connectivity index (χ4v) is 2.23. The second-order valence-electron chi connectivity index (χ2n) is 4.05. The summed E-state index contributed by atoms with van der Waals surface area (Å²) in [5, 5.41) is 15.1. The van der Waals surface area contributed by atoms with Crippen LogP contribution >= 0.6 is 0 Å². The van der Waals surface area contributed by atoms with Gasteiger partial charge in [0, 0.05) is 5.39 Å². The van der Waals surface area contributed by atoms with Crippen LogP contribution in [0.4, 0.5) is 0 Å². The highest BCUT2D eigenvalue weighted by Gasteiger charge is 2.05. The smallest absolute Gasteiger partial charge is 0.121 e. The topological polar surface area (TPSA) is 24.7 Å². The monoisotopic (exact) mass is 204 g/mol. The molecule has 0 saturated heterocycles. The molecule has 0 unspecified atom stereocenters. The molecule has 2 nitrogen and oxygen atoms in total. The molecule has 1 aliphatic rings. The minimum absolute atomic E-state index is 1.00. The lowest BCUT2D eigenvalue weighted by atomic mass is 10.0. The molecule has 0 amide bonds. The van der Waals surface area contributed by atoms with E-state index in [1.54, 1.807) is 0 Å². The summed E-state index contributed by atoms with van der Waals surface area (Å²) in [6.45, 7) is 0. The van der Waals surface area contributed by atoms with E-state index >= 15 is 0 Å². The van der Waals surface area contributed by atoms with E-state index in [9.17, 15) is 0 Å². The summed E-state index contributed by atoms with van der Waals surface area (Å²) in [4.78, 5) is 0. The minimum Gasteiger partial charge on any atom is -0.148 e. The van der Waals surface area contributed by atoms with Crippen LogP contribution in [0.25, 0.3) is 21.5 Å². The number of hydrogen-bond acceptors (Lipinski definition) is 2. The lowest BCUT2D eigenvalue weighted by Crippen LogP contribution is -2.31. The molecule has 0 bridgehead atoms. The Morgan fingerprint density at radius 1 is 0.688 bits per heavy atom. The van der Waals surface area contributed by atoms with Crippen LogP contribution in [0.1, 0.15) is 0 Å². The minimum atomic E-state index is 1.00. The van der Waals surface area contributed by atoms with E-state index < -0.39 is 0 Å².